The van der Waals surface area contributed by atoms with Crippen molar-refractivity contribution in [3.05, 3.63) is 53.3 Å². The molecule has 0 aliphatic rings. The summed E-state index contributed by atoms with van der Waals surface area (Å²) in [7, 11) is 0. The van der Waals surface area contributed by atoms with Crippen LogP contribution in [-0.2, 0) is 0 Å². The van der Waals surface area contributed by atoms with Crippen molar-refractivity contribution >= 4 is 17.6 Å². The minimum absolute atomic E-state index is 0.0603. The SMILES string of the molecule is O=C(O)c1ccc(NC(=O)c2c(O)cccc2F)cc1O. The number of carbonyl (C=O) groups is 2. The minimum atomic E-state index is -1.32. The van der Waals surface area contributed by atoms with E-state index < -0.39 is 34.8 Å². The van der Waals surface area contributed by atoms with Gasteiger partial charge < -0.3 is 20.6 Å². The van der Waals surface area contributed by atoms with Gasteiger partial charge in [0, 0.05) is 11.8 Å². The average Bonchev–Trinajstić information content (AvgIpc) is 2.37. The molecule has 0 unspecified atom stereocenters. The van der Waals surface area contributed by atoms with Crippen LogP contribution >= 0.6 is 0 Å². The number of anilines is 1. The van der Waals surface area contributed by atoms with Crippen LogP contribution < -0.4 is 5.32 Å². The molecule has 108 valence electrons. The number of phenolic OH excluding ortho intramolecular Hbond substituents is 1. The Balaban J connectivity index is 2.28. The Kier molecular flexibility index (Phi) is 3.75. The lowest BCUT2D eigenvalue weighted by atomic mass is 10.1. The van der Waals surface area contributed by atoms with E-state index in [4.69, 9.17) is 5.11 Å². The largest absolute Gasteiger partial charge is 0.507 e. The van der Waals surface area contributed by atoms with E-state index in [9.17, 15) is 24.2 Å². The third-order valence-electron chi connectivity index (χ3n) is 2.70. The first-order valence-electron chi connectivity index (χ1n) is 5.75. The van der Waals surface area contributed by atoms with Gasteiger partial charge in [-0.25, -0.2) is 9.18 Å². The van der Waals surface area contributed by atoms with Crippen LogP contribution in [0.3, 0.4) is 0 Å². The summed E-state index contributed by atoms with van der Waals surface area (Å²) in [6.07, 6.45) is 0. The van der Waals surface area contributed by atoms with E-state index in [-0.39, 0.29) is 11.3 Å². The number of phenols is 2. The number of aromatic hydroxyl groups is 2. The molecule has 0 atom stereocenters. The molecule has 0 radical (unpaired) electrons. The number of carboxylic acid groups (broad SMARTS) is 1. The first-order valence-corrected chi connectivity index (χ1v) is 5.75. The van der Waals surface area contributed by atoms with E-state index in [2.05, 4.69) is 5.32 Å². The van der Waals surface area contributed by atoms with E-state index in [1.807, 2.05) is 0 Å². The summed E-state index contributed by atoms with van der Waals surface area (Å²) in [6.45, 7) is 0. The number of carboxylic acids is 1. The monoisotopic (exact) mass is 291 g/mol. The number of halogens is 1. The van der Waals surface area contributed by atoms with Crippen molar-refractivity contribution in [2.24, 2.45) is 0 Å². The number of amides is 1. The Morgan fingerprint density at radius 3 is 2.33 bits per heavy atom. The van der Waals surface area contributed by atoms with Crippen molar-refractivity contribution in [3.63, 3.8) is 0 Å². The highest BCUT2D eigenvalue weighted by molar-refractivity contribution is 6.06. The summed E-state index contributed by atoms with van der Waals surface area (Å²) in [4.78, 5) is 22.6. The lowest BCUT2D eigenvalue weighted by Crippen LogP contribution is -2.14. The number of nitrogens with one attached hydrogen (secondary N) is 1. The van der Waals surface area contributed by atoms with Crippen LogP contribution in [0.4, 0.5) is 10.1 Å². The summed E-state index contributed by atoms with van der Waals surface area (Å²) in [6, 6.07) is 6.75. The Labute approximate surface area is 118 Å². The molecule has 0 aliphatic heterocycles. The third kappa shape index (κ3) is 2.92. The second-order valence-electron chi connectivity index (χ2n) is 4.13. The van der Waals surface area contributed by atoms with Crippen LogP contribution in [0.5, 0.6) is 11.5 Å². The van der Waals surface area contributed by atoms with Gasteiger partial charge in [-0.2, -0.15) is 0 Å². The molecule has 2 aromatic rings. The Morgan fingerprint density at radius 1 is 1.05 bits per heavy atom. The van der Waals surface area contributed by atoms with Crippen LogP contribution in [0, 0.1) is 5.82 Å². The van der Waals surface area contributed by atoms with Gasteiger partial charge in [-0.05, 0) is 24.3 Å². The smallest absolute Gasteiger partial charge is 0.339 e. The van der Waals surface area contributed by atoms with Crippen LogP contribution in [0.2, 0.25) is 0 Å². The summed E-state index contributed by atoms with van der Waals surface area (Å²) in [5.74, 6) is -4.22. The predicted octanol–water partition coefficient (Wildman–Crippen LogP) is 2.19. The zero-order chi connectivity index (χ0) is 15.6. The van der Waals surface area contributed by atoms with Crippen molar-refractivity contribution in [2.75, 3.05) is 5.32 Å². The molecule has 0 saturated carbocycles. The molecule has 21 heavy (non-hydrogen) atoms. The van der Waals surface area contributed by atoms with E-state index >= 15 is 0 Å². The Bertz CT molecular complexity index is 709. The zero-order valence-electron chi connectivity index (χ0n) is 10.5. The molecule has 0 fully saturated rings. The van der Waals surface area contributed by atoms with Crippen LogP contribution in [0.1, 0.15) is 20.7 Å². The van der Waals surface area contributed by atoms with E-state index in [0.717, 1.165) is 24.3 Å². The molecule has 0 spiro atoms. The number of carbonyl (C=O) groups excluding carboxylic acids is 1. The molecular weight excluding hydrogens is 281 g/mol. The number of aromatic carboxylic acids is 1. The average molecular weight is 291 g/mol. The first kappa shape index (κ1) is 14.3. The predicted molar refractivity (Wildman–Crippen MR) is 71.1 cm³/mol. The van der Waals surface area contributed by atoms with Gasteiger partial charge in [-0.3, -0.25) is 4.79 Å². The highest BCUT2D eigenvalue weighted by atomic mass is 19.1. The molecule has 1 amide bonds. The Hall–Kier alpha value is -3.09. The minimum Gasteiger partial charge on any atom is -0.507 e. The maximum atomic E-state index is 13.5. The van der Waals surface area contributed by atoms with Crippen molar-refractivity contribution in [3.8, 4) is 11.5 Å². The van der Waals surface area contributed by atoms with Gasteiger partial charge in [-0.15, -0.1) is 0 Å². The standard InChI is InChI=1S/C14H10FNO5/c15-9-2-1-3-10(17)12(9)13(19)16-7-4-5-8(14(20)21)11(18)6-7/h1-6,17-18H,(H,16,19)(H,20,21). The van der Waals surface area contributed by atoms with Gasteiger partial charge >= 0.3 is 5.97 Å². The third-order valence-corrected chi connectivity index (χ3v) is 2.70. The molecule has 0 aromatic heterocycles. The van der Waals surface area contributed by atoms with Gasteiger partial charge in [-0.1, -0.05) is 6.07 Å². The van der Waals surface area contributed by atoms with Gasteiger partial charge in [0.05, 0.1) is 0 Å². The fourth-order valence-corrected chi connectivity index (χ4v) is 1.72. The second-order valence-corrected chi connectivity index (χ2v) is 4.13. The summed E-state index contributed by atoms with van der Waals surface area (Å²) in [5.41, 5.74) is -0.814. The van der Waals surface area contributed by atoms with Gasteiger partial charge in [0.2, 0.25) is 0 Å². The topological polar surface area (TPSA) is 107 Å². The fourth-order valence-electron chi connectivity index (χ4n) is 1.72. The lowest BCUT2D eigenvalue weighted by molar-refractivity contribution is 0.0693. The first-order chi connectivity index (χ1) is 9.90. The van der Waals surface area contributed by atoms with Crippen molar-refractivity contribution < 1.29 is 29.3 Å². The zero-order valence-corrected chi connectivity index (χ0v) is 10.5. The molecule has 6 nitrogen and oxygen atoms in total. The van der Waals surface area contributed by atoms with Gasteiger partial charge in [0.15, 0.2) is 0 Å². The van der Waals surface area contributed by atoms with Crippen LogP contribution in [0.25, 0.3) is 0 Å². The number of rotatable bonds is 3. The van der Waals surface area contributed by atoms with Crippen molar-refractivity contribution in [2.45, 2.75) is 0 Å². The molecule has 0 saturated heterocycles. The van der Waals surface area contributed by atoms with Crippen LogP contribution in [0.15, 0.2) is 36.4 Å². The van der Waals surface area contributed by atoms with Crippen molar-refractivity contribution in [1.29, 1.82) is 0 Å². The number of benzene rings is 2. The quantitative estimate of drug-likeness (QED) is 0.693. The molecule has 0 bridgehead atoms. The van der Waals surface area contributed by atoms with Crippen molar-refractivity contribution in [1.82, 2.24) is 0 Å². The summed E-state index contributed by atoms with van der Waals surface area (Å²) >= 11 is 0. The Morgan fingerprint density at radius 2 is 1.76 bits per heavy atom. The molecular formula is C14H10FNO5. The second kappa shape index (κ2) is 5.49. The van der Waals surface area contributed by atoms with E-state index in [1.54, 1.807) is 0 Å². The maximum absolute atomic E-state index is 13.5. The summed E-state index contributed by atoms with van der Waals surface area (Å²) < 4.78 is 13.5. The van der Waals surface area contributed by atoms with Crippen LogP contribution in [-0.4, -0.2) is 27.2 Å². The molecule has 2 aromatic carbocycles. The van der Waals surface area contributed by atoms with E-state index in [1.165, 1.54) is 12.1 Å². The normalized spacial score (nSPS) is 10.1. The molecule has 2 rings (SSSR count). The summed E-state index contributed by atoms with van der Waals surface area (Å²) in [5, 5.41) is 30.0. The number of hydrogen-bond acceptors (Lipinski definition) is 4. The van der Waals surface area contributed by atoms with Gasteiger partial charge in [0.1, 0.15) is 28.4 Å². The highest BCUT2D eigenvalue weighted by Crippen LogP contribution is 2.24. The maximum Gasteiger partial charge on any atom is 0.339 e. The number of hydrogen-bond donors (Lipinski definition) is 4. The lowest BCUT2D eigenvalue weighted by Gasteiger charge is -2.09. The molecule has 4 N–H and O–H groups in total. The molecule has 7 heteroatoms. The highest BCUT2D eigenvalue weighted by Gasteiger charge is 2.17. The van der Waals surface area contributed by atoms with Gasteiger partial charge in [0.25, 0.3) is 5.91 Å². The van der Waals surface area contributed by atoms with E-state index in [0.29, 0.717) is 0 Å². The molecule has 0 aliphatic carbocycles. The molecule has 0 heterocycles. The fraction of sp³-hybridized carbons (Fsp3) is 0.